The molecule has 0 aromatic rings. The maximum absolute atomic E-state index is 11.1. The van der Waals surface area contributed by atoms with Gasteiger partial charge in [0, 0.05) is 19.6 Å². The summed E-state index contributed by atoms with van der Waals surface area (Å²) < 4.78 is 5.01. The van der Waals surface area contributed by atoms with Crippen LogP contribution >= 0.6 is 0 Å². The van der Waals surface area contributed by atoms with Crippen LogP contribution in [0.5, 0.6) is 0 Å². The van der Waals surface area contributed by atoms with E-state index in [9.17, 15) is 4.79 Å². The predicted molar refractivity (Wildman–Crippen MR) is 62.3 cm³/mol. The van der Waals surface area contributed by atoms with Crippen molar-refractivity contribution in [2.24, 2.45) is 5.41 Å². The first-order chi connectivity index (χ1) is 7.39. The summed E-state index contributed by atoms with van der Waals surface area (Å²) in [4.78, 5) is 13.6. The minimum absolute atomic E-state index is 0.0640. The Balaban J connectivity index is 1.85. The number of ether oxygens (including phenoxy) is 1. The highest BCUT2D eigenvalue weighted by molar-refractivity contribution is 5.70. The van der Waals surface area contributed by atoms with E-state index in [0.717, 1.165) is 32.5 Å². The fourth-order valence-electron chi connectivity index (χ4n) is 2.57. The van der Waals surface area contributed by atoms with Crippen molar-refractivity contribution >= 4 is 6.09 Å². The summed E-state index contributed by atoms with van der Waals surface area (Å²) in [7, 11) is 0. The number of carbonyl (C=O) groups is 1. The van der Waals surface area contributed by atoms with Gasteiger partial charge in [-0.25, -0.2) is 4.79 Å². The Morgan fingerprint density at radius 2 is 2.00 bits per heavy atom. The van der Waals surface area contributed by atoms with Crippen molar-refractivity contribution in [2.75, 3.05) is 26.2 Å². The van der Waals surface area contributed by atoms with Crippen molar-refractivity contribution in [3.63, 3.8) is 0 Å². The number of piperidine rings is 1. The minimum atomic E-state index is -0.246. The van der Waals surface area contributed by atoms with Crippen molar-refractivity contribution in [1.82, 2.24) is 10.2 Å². The number of likely N-dealkylation sites (tertiary alicyclic amines) is 1. The molecule has 0 unspecified atom stereocenters. The molecule has 4 heteroatoms. The SMILES string of the molecule is CC(C)(C)CN1CCC2(CC1)COC(=O)N2. The molecule has 0 saturated carbocycles. The van der Waals surface area contributed by atoms with Crippen LogP contribution in [0.15, 0.2) is 0 Å². The molecule has 1 amide bonds. The van der Waals surface area contributed by atoms with Crippen LogP contribution in [-0.2, 0) is 4.74 Å². The number of hydrogen-bond acceptors (Lipinski definition) is 3. The molecular weight excluding hydrogens is 204 g/mol. The molecule has 0 atom stereocenters. The van der Waals surface area contributed by atoms with E-state index in [0.29, 0.717) is 12.0 Å². The number of amides is 1. The lowest BCUT2D eigenvalue weighted by atomic mass is 9.87. The van der Waals surface area contributed by atoms with Gasteiger partial charge in [-0.3, -0.25) is 0 Å². The molecule has 2 rings (SSSR count). The molecular formula is C12H22N2O2. The molecule has 0 radical (unpaired) electrons. The van der Waals surface area contributed by atoms with Gasteiger partial charge in [-0.05, 0) is 18.3 Å². The molecule has 0 bridgehead atoms. The van der Waals surface area contributed by atoms with E-state index < -0.39 is 0 Å². The van der Waals surface area contributed by atoms with E-state index in [2.05, 4.69) is 31.0 Å². The van der Waals surface area contributed by atoms with Crippen LogP contribution in [0.3, 0.4) is 0 Å². The van der Waals surface area contributed by atoms with Gasteiger partial charge in [-0.15, -0.1) is 0 Å². The van der Waals surface area contributed by atoms with Crippen molar-refractivity contribution in [3.05, 3.63) is 0 Å². The smallest absolute Gasteiger partial charge is 0.407 e. The Bertz CT molecular complexity index is 275. The van der Waals surface area contributed by atoms with Gasteiger partial charge in [0.25, 0.3) is 0 Å². The van der Waals surface area contributed by atoms with Crippen LogP contribution in [-0.4, -0.2) is 42.8 Å². The number of nitrogens with zero attached hydrogens (tertiary/aromatic N) is 1. The molecule has 2 aliphatic heterocycles. The molecule has 0 aromatic carbocycles. The van der Waals surface area contributed by atoms with Gasteiger partial charge in [0.1, 0.15) is 6.61 Å². The molecule has 0 aromatic heterocycles. The van der Waals surface area contributed by atoms with E-state index in [1.807, 2.05) is 0 Å². The number of hydrogen-bond donors (Lipinski definition) is 1. The maximum Gasteiger partial charge on any atom is 0.407 e. The largest absolute Gasteiger partial charge is 0.447 e. The third-order valence-corrected chi connectivity index (χ3v) is 3.36. The number of rotatable bonds is 1. The Labute approximate surface area is 97.3 Å². The Morgan fingerprint density at radius 3 is 2.44 bits per heavy atom. The highest BCUT2D eigenvalue weighted by Gasteiger charge is 2.42. The maximum atomic E-state index is 11.1. The molecule has 0 aliphatic carbocycles. The van der Waals surface area contributed by atoms with Gasteiger partial charge < -0.3 is 15.0 Å². The molecule has 1 spiro atoms. The average Bonchev–Trinajstić information content (AvgIpc) is 2.51. The topological polar surface area (TPSA) is 41.6 Å². The highest BCUT2D eigenvalue weighted by atomic mass is 16.6. The van der Waals surface area contributed by atoms with Crippen molar-refractivity contribution in [1.29, 1.82) is 0 Å². The molecule has 2 heterocycles. The quantitative estimate of drug-likeness (QED) is 0.738. The number of carbonyl (C=O) groups excluding carboxylic acids is 1. The van der Waals surface area contributed by atoms with Crippen LogP contribution in [0.1, 0.15) is 33.6 Å². The van der Waals surface area contributed by atoms with Gasteiger partial charge in [0.15, 0.2) is 0 Å². The fourth-order valence-corrected chi connectivity index (χ4v) is 2.57. The summed E-state index contributed by atoms with van der Waals surface area (Å²) in [6.45, 7) is 10.6. The average molecular weight is 226 g/mol. The summed E-state index contributed by atoms with van der Waals surface area (Å²) in [5.41, 5.74) is 0.283. The Hall–Kier alpha value is -0.770. The zero-order chi connectivity index (χ0) is 11.8. The van der Waals surface area contributed by atoms with E-state index >= 15 is 0 Å². The normalized spacial score (nSPS) is 25.6. The zero-order valence-corrected chi connectivity index (χ0v) is 10.5. The van der Waals surface area contributed by atoms with E-state index in [4.69, 9.17) is 4.74 Å². The molecule has 1 N–H and O–H groups in total. The molecule has 2 saturated heterocycles. The van der Waals surface area contributed by atoms with Gasteiger partial charge in [0.2, 0.25) is 0 Å². The first kappa shape index (κ1) is 11.7. The number of alkyl carbamates (subject to hydrolysis) is 1. The van der Waals surface area contributed by atoms with Crippen LogP contribution in [0.2, 0.25) is 0 Å². The zero-order valence-electron chi connectivity index (χ0n) is 10.5. The lowest BCUT2D eigenvalue weighted by Gasteiger charge is -2.39. The standard InChI is InChI=1S/C12H22N2O2/c1-11(2,3)8-14-6-4-12(5-7-14)9-16-10(15)13-12/h4-9H2,1-3H3,(H,13,15). The second-order valence-electron chi connectivity index (χ2n) is 6.32. The predicted octanol–water partition coefficient (Wildman–Crippen LogP) is 1.61. The minimum Gasteiger partial charge on any atom is -0.447 e. The molecule has 2 aliphatic rings. The summed E-state index contributed by atoms with van der Waals surface area (Å²) in [6, 6.07) is 0. The van der Waals surface area contributed by atoms with Crippen LogP contribution < -0.4 is 5.32 Å². The van der Waals surface area contributed by atoms with Crippen LogP contribution in [0, 0.1) is 5.41 Å². The van der Waals surface area contributed by atoms with E-state index in [-0.39, 0.29) is 11.6 Å². The molecule has 16 heavy (non-hydrogen) atoms. The van der Waals surface area contributed by atoms with Gasteiger partial charge in [0.05, 0.1) is 5.54 Å². The van der Waals surface area contributed by atoms with Gasteiger partial charge in [-0.2, -0.15) is 0 Å². The Kier molecular flexibility index (Phi) is 2.86. The Morgan fingerprint density at radius 1 is 1.38 bits per heavy atom. The second kappa shape index (κ2) is 3.91. The van der Waals surface area contributed by atoms with Crippen molar-refractivity contribution in [2.45, 2.75) is 39.2 Å². The summed E-state index contributed by atoms with van der Waals surface area (Å²) >= 11 is 0. The van der Waals surface area contributed by atoms with Crippen LogP contribution in [0.25, 0.3) is 0 Å². The monoisotopic (exact) mass is 226 g/mol. The van der Waals surface area contributed by atoms with Gasteiger partial charge in [-0.1, -0.05) is 20.8 Å². The number of cyclic esters (lactones) is 1. The summed E-state index contributed by atoms with van der Waals surface area (Å²) in [6.07, 6.45) is 1.77. The molecule has 4 nitrogen and oxygen atoms in total. The molecule has 2 fully saturated rings. The first-order valence-corrected chi connectivity index (χ1v) is 6.06. The van der Waals surface area contributed by atoms with Crippen molar-refractivity contribution < 1.29 is 9.53 Å². The lowest BCUT2D eigenvalue weighted by Crippen LogP contribution is -2.53. The van der Waals surface area contributed by atoms with Gasteiger partial charge >= 0.3 is 6.09 Å². The first-order valence-electron chi connectivity index (χ1n) is 6.06. The van der Waals surface area contributed by atoms with E-state index in [1.165, 1.54) is 0 Å². The number of nitrogens with one attached hydrogen (secondary N) is 1. The second-order valence-corrected chi connectivity index (χ2v) is 6.32. The highest BCUT2D eigenvalue weighted by Crippen LogP contribution is 2.28. The third-order valence-electron chi connectivity index (χ3n) is 3.36. The summed E-state index contributed by atoms with van der Waals surface area (Å²) in [5.74, 6) is 0. The lowest BCUT2D eigenvalue weighted by molar-refractivity contribution is 0.103. The third kappa shape index (κ3) is 2.67. The van der Waals surface area contributed by atoms with E-state index in [1.54, 1.807) is 0 Å². The fraction of sp³-hybridized carbons (Fsp3) is 0.917. The van der Waals surface area contributed by atoms with Crippen LogP contribution in [0.4, 0.5) is 4.79 Å². The molecule has 92 valence electrons. The van der Waals surface area contributed by atoms with Crippen molar-refractivity contribution in [3.8, 4) is 0 Å². The summed E-state index contributed by atoms with van der Waals surface area (Å²) in [5, 5.41) is 2.96.